The van der Waals surface area contributed by atoms with Gasteiger partial charge in [0.25, 0.3) is 0 Å². The van der Waals surface area contributed by atoms with E-state index in [0.717, 1.165) is 6.26 Å². The molecule has 1 aliphatic carbocycles. The highest BCUT2D eigenvalue weighted by Crippen LogP contribution is 2.49. The Bertz CT molecular complexity index is 661. The largest absolute Gasteiger partial charge is 0.478 e. The van der Waals surface area contributed by atoms with Crippen LogP contribution < -0.4 is 0 Å². The van der Waals surface area contributed by atoms with Gasteiger partial charge in [-0.1, -0.05) is 6.08 Å². The van der Waals surface area contributed by atoms with Crippen molar-refractivity contribution in [1.82, 2.24) is 0 Å². The third kappa shape index (κ3) is 3.45. The molecule has 2 aliphatic heterocycles. The van der Waals surface area contributed by atoms with Crippen LogP contribution in [-0.2, 0) is 23.7 Å². The smallest absolute Gasteiger partial charge is 0.335 e. The molecule has 3 unspecified atom stereocenters. The summed E-state index contributed by atoms with van der Waals surface area (Å²) in [6.07, 6.45) is -2.85. The van der Waals surface area contributed by atoms with Gasteiger partial charge in [-0.3, -0.25) is 0 Å². The Morgan fingerprint density at radius 3 is 2.61 bits per heavy atom. The molecule has 3 rings (SSSR count). The molecule has 10 heteroatoms. The fourth-order valence-corrected chi connectivity index (χ4v) is 4.28. The van der Waals surface area contributed by atoms with E-state index in [-0.39, 0.29) is 12.2 Å². The number of carboxylic acid groups (broad SMARTS) is 1. The first kappa shape index (κ1) is 21.2. The van der Waals surface area contributed by atoms with Crippen molar-refractivity contribution in [3.63, 3.8) is 0 Å². The minimum Gasteiger partial charge on any atom is -0.478 e. The third-order valence-electron chi connectivity index (χ3n) is 5.69. The van der Waals surface area contributed by atoms with Crippen LogP contribution in [0.3, 0.4) is 0 Å². The van der Waals surface area contributed by atoms with Crippen molar-refractivity contribution in [3.8, 4) is 0 Å². The van der Waals surface area contributed by atoms with Gasteiger partial charge in [-0.15, -0.1) is 0 Å². The quantitative estimate of drug-likeness (QED) is 0.340. The topological polar surface area (TPSA) is 155 Å². The van der Waals surface area contributed by atoms with E-state index in [1.165, 1.54) is 7.11 Å². The van der Waals surface area contributed by atoms with E-state index < -0.39 is 60.9 Å². The predicted octanol–water partition coefficient (Wildman–Crippen LogP) is -1.27. The molecule has 0 aromatic rings. The summed E-state index contributed by atoms with van der Waals surface area (Å²) >= 11 is 0. The van der Waals surface area contributed by atoms with Crippen molar-refractivity contribution in [1.29, 1.82) is 0 Å². The van der Waals surface area contributed by atoms with Crippen molar-refractivity contribution in [2.24, 2.45) is 11.8 Å². The van der Waals surface area contributed by atoms with Gasteiger partial charge in [-0.25, -0.2) is 4.79 Å². The standard InChI is InChI=1S/C18H26O10/c1-18(28-17-14(22)15(25-2)13(21)11(6-20)27-17)12-8(5-19)3-4-9(12)10(7-26-18)16(23)24/h3,7,9,11-15,17,19-22H,4-6H2,1-2H3,(H,23,24)/t9?,11-,12?,13-,14-,15+,17+,18?/m1/s1. The summed E-state index contributed by atoms with van der Waals surface area (Å²) in [5.41, 5.74) is 0.626. The van der Waals surface area contributed by atoms with Crippen LogP contribution in [-0.4, -0.2) is 88.3 Å². The summed E-state index contributed by atoms with van der Waals surface area (Å²) in [5, 5.41) is 49.2. The number of hydrogen-bond acceptors (Lipinski definition) is 9. The van der Waals surface area contributed by atoms with E-state index in [2.05, 4.69) is 0 Å². The first-order valence-electron chi connectivity index (χ1n) is 9.01. The Kier molecular flexibility index (Phi) is 6.11. The zero-order chi connectivity index (χ0) is 20.6. The van der Waals surface area contributed by atoms with Crippen molar-refractivity contribution < 1.29 is 49.3 Å². The number of hydrogen-bond donors (Lipinski definition) is 5. The van der Waals surface area contributed by atoms with Crippen LogP contribution in [0.5, 0.6) is 0 Å². The fraction of sp³-hybridized carbons (Fsp3) is 0.722. The van der Waals surface area contributed by atoms with Gasteiger partial charge in [0, 0.05) is 20.0 Å². The fourth-order valence-electron chi connectivity index (χ4n) is 4.28. The molecular formula is C18H26O10. The highest BCUT2D eigenvalue weighted by Gasteiger charge is 2.55. The molecule has 0 saturated carbocycles. The van der Waals surface area contributed by atoms with Crippen LogP contribution >= 0.6 is 0 Å². The minimum atomic E-state index is -1.46. The normalized spacial score (nSPS) is 43.0. The monoisotopic (exact) mass is 402 g/mol. The number of carbonyl (C=O) groups is 1. The molecule has 10 nitrogen and oxygen atoms in total. The van der Waals surface area contributed by atoms with Crippen molar-refractivity contribution >= 4 is 5.97 Å². The Morgan fingerprint density at radius 1 is 1.32 bits per heavy atom. The summed E-state index contributed by atoms with van der Waals surface area (Å²) in [4.78, 5) is 11.5. The zero-order valence-electron chi connectivity index (χ0n) is 15.6. The lowest BCUT2D eigenvalue weighted by molar-refractivity contribution is -0.371. The van der Waals surface area contributed by atoms with E-state index in [4.69, 9.17) is 18.9 Å². The number of ether oxygens (including phenoxy) is 4. The summed E-state index contributed by atoms with van der Waals surface area (Å²) in [6.45, 7) is 0.733. The van der Waals surface area contributed by atoms with Crippen molar-refractivity contribution in [3.05, 3.63) is 23.5 Å². The first-order valence-corrected chi connectivity index (χ1v) is 9.01. The van der Waals surface area contributed by atoms with Crippen LogP contribution in [0.25, 0.3) is 0 Å². The van der Waals surface area contributed by atoms with Gasteiger partial charge >= 0.3 is 5.97 Å². The first-order chi connectivity index (χ1) is 13.3. The number of rotatable bonds is 6. The molecule has 28 heavy (non-hydrogen) atoms. The lowest BCUT2D eigenvalue weighted by atomic mass is 9.78. The number of fused-ring (bicyclic) bond motifs is 1. The van der Waals surface area contributed by atoms with Gasteiger partial charge in [0.1, 0.15) is 24.4 Å². The molecule has 2 heterocycles. The van der Waals surface area contributed by atoms with Crippen LogP contribution in [0.4, 0.5) is 0 Å². The summed E-state index contributed by atoms with van der Waals surface area (Å²) < 4.78 is 22.2. The van der Waals surface area contributed by atoms with Crippen LogP contribution in [0, 0.1) is 11.8 Å². The van der Waals surface area contributed by atoms with Crippen molar-refractivity contribution in [2.45, 2.75) is 49.8 Å². The number of allylic oxidation sites excluding steroid dienone is 1. The average molecular weight is 402 g/mol. The second kappa shape index (κ2) is 8.07. The van der Waals surface area contributed by atoms with Crippen molar-refractivity contribution in [2.75, 3.05) is 20.3 Å². The maximum Gasteiger partial charge on any atom is 0.335 e. The minimum absolute atomic E-state index is 0.0642. The van der Waals surface area contributed by atoms with Crippen LogP contribution in [0.2, 0.25) is 0 Å². The van der Waals surface area contributed by atoms with Gasteiger partial charge < -0.3 is 44.5 Å². The lowest BCUT2D eigenvalue weighted by Gasteiger charge is -2.48. The number of methoxy groups -OCH3 is 1. The maximum absolute atomic E-state index is 11.5. The molecule has 158 valence electrons. The Hall–Kier alpha value is -1.53. The Morgan fingerprint density at radius 2 is 2.04 bits per heavy atom. The van der Waals surface area contributed by atoms with E-state index in [0.29, 0.717) is 12.0 Å². The highest BCUT2D eigenvalue weighted by molar-refractivity contribution is 5.87. The molecule has 0 spiro atoms. The SMILES string of the molecule is CO[C@@H]1[C@@H](O)[C@H](OC2(C)OC=C(C(=O)O)C3CC=C(CO)C32)O[C@H](CO)[C@H]1O. The molecule has 0 aromatic carbocycles. The average Bonchev–Trinajstić information content (AvgIpc) is 3.10. The molecule has 0 radical (unpaired) electrons. The van der Waals surface area contributed by atoms with Gasteiger partial charge in [0.2, 0.25) is 5.79 Å². The Balaban J connectivity index is 1.89. The molecule has 0 bridgehead atoms. The van der Waals surface area contributed by atoms with Gasteiger partial charge in [-0.2, -0.15) is 0 Å². The second-order valence-electron chi connectivity index (χ2n) is 7.29. The van der Waals surface area contributed by atoms with Gasteiger partial charge in [0.05, 0.1) is 31.0 Å². The molecule has 5 N–H and O–H groups in total. The summed E-state index contributed by atoms with van der Waals surface area (Å²) in [6, 6.07) is 0. The van der Waals surface area contributed by atoms with Crippen LogP contribution in [0.1, 0.15) is 13.3 Å². The molecular weight excluding hydrogens is 376 g/mol. The highest BCUT2D eigenvalue weighted by atomic mass is 16.8. The molecule has 8 atom stereocenters. The lowest BCUT2D eigenvalue weighted by Crippen LogP contribution is -2.62. The second-order valence-corrected chi connectivity index (χ2v) is 7.29. The maximum atomic E-state index is 11.5. The number of aliphatic carboxylic acids is 1. The van der Waals surface area contributed by atoms with Gasteiger partial charge in [0.15, 0.2) is 6.29 Å². The number of aliphatic hydroxyl groups excluding tert-OH is 4. The summed E-state index contributed by atoms with van der Waals surface area (Å²) in [5.74, 6) is -3.68. The third-order valence-corrected chi connectivity index (χ3v) is 5.69. The molecule has 1 fully saturated rings. The predicted molar refractivity (Wildman–Crippen MR) is 91.6 cm³/mol. The molecule has 0 amide bonds. The molecule has 3 aliphatic rings. The Labute approximate surface area is 161 Å². The number of aliphatic hydroxyl groups is 4. The van der Waals surface area contributed by atoms with E-state index in [1.54, 1.807) is 13.0 Å². The van der Waals surface area contributed by atoms with E-state index in [1.807, 2.05) is 0 Å². The van der Waals surface area contributed by atoms with E-state index in [9.17, 15) is 30.3 Å². The van der Waals surface area contributed by atoms with Crippen LogP contribution in [0.15, 0.2) is 23.5 Å². The molecule has 0 aromatic heterocycles. The van der Waals surface area contributed by atoms with E-state index >= 15 is 0 Å². The van der Waals surface area contributed by atoms with Gasteiger partial charge in [-0.05, 0) is 12.0 Å². The summed E-state index contributed by atoms with van der Waals surface area (Å²) in [7, 11) is 1.30. The molecule has 1 saturated heterocycles. The zero-order valence-corrected chi connectivity index (χ0v) is 15.6. The number of carboxylic acids is 1.